The zero-order chi connectivity index (χ0) is 16.0. The van der Waals surface area contributed by atoms with Gasteiger partial charge in [-0.1, -0.05) is 12.1 Å². The zero-order valence-electron chi connectivity index (χ0n) is 13.2. The molecule has 122 valence electrons. The Morgan fingerprint density at radius 3 is 2.57 bits per heavy atom. The molecule has 0 bridgehead atoms. The summed E-state index contributed by atoms with van der Waals surface area (Å²) in [6.07, 6.45) is 3.28. The fourth-order valence-corrected chi connectivity index (χ4v) is 3.79. The number of aliphatic hydroxyl groups is 1. The molecule has 2 heterocycles. The molecule has 5 nitrogen and oxygen atoms in total. The second kappa shape index (κ2) is 5.34. The molecule has 23 heavy (non-hydrogen) atoms. The van der Waals surface area contributed by atoms with Gasteiger partial charge in [0.25, 0.3) is 5.91 Å². The van der Waals surface area contributed by atoms with Gasteiger partial charge in [0.05, 0.1) is 6.10 Å². The zero-order valence-corrected chi connectivity index (χ0v) is 13.2. The van der Waals surface area contributed by atoms with Crippen LogP contribution in [-0.2, 0) is 11.3 Å². The molecule has 1 atom stereocenters. The summed E-state index contributed by atoms with van der Waals surface area (Å²) in [6, 6.07) is 7.53. The molecular formula is C18H22N2O3. The summed E-state index contributed by atoms with van der Waals surface area (Å²) in [5, 5.41) is 10.1. The lowest BCUT2D eigenvalue weighted by Crippen LogP contribution is -2.29. The number of carbonyl (C=O) groups is 2. The van der Waals surface area contributed by atoms with Crippen molar-refractivity contribution in [3.63, 3.8) is 0 Å². The number of rotatable bonds is 3. The van der Waals surface area contributed by atoms with Crippen molar-refractivity contribution in [3.05, 3.63) is 35.4 Å². The molecule has 3 fully saturated rings. The topological polar surface area (TPSA) is 60.9 Å². The van der Waals surface area contributed by atoms with Gasteiger partial charge in [0.1, 0.15) is 0 Å². The molecule has 4 rings (SSSR count). The Balaban J connectivity index is 1.41. The van der Waals surface area contributed by atoms with E-state index in [1.165, 1.54) is 0 Å². The summed E-state index contributed by atoms with van der Waals surface area (Å²) in [5.41, 5.74) is 1.70. The Bertz CT molecular complexity index is 636. The number of hydrogen-bond acceptors (Lipinski definition) is 3. The monoisotopic (exact) mass is 314 g/mol. The molecule has 0 aromatic heterocycles. The van der Waals surface area contributed by atoms with Crippen LogP contribution in [0.1, 0.15) is 41.6 Å². The molecule has 1 spiro atoms. The van der Waals surface area contributed by atoms with Gasteiger partial charge in [-0.15, -0.1) is 0 Å². The van der Waals surface area contributed by atoms with Gasteiger partial charge in [-0.3, -0.25) is 9.59 Å². The maximum atomic E-state index is 12.6. The van der Waals surface area contributed by atoms with Crippen LogP contribution in [0.15, 0.2) is 24.3 Å². The molecule has 1 unspecified atom stereocenters. The van der Waals surface area contributed by atoms with Gasteiger partial charge in [0.2, 0.25) is 5.91 Å². The van der Waals surface area contributed by atoms with E-state index in [4.69, 9.17) is 0 Å². The van der Waals surface area contributed by atoms with E-state index in [2.05, 4.69) is 0 Å². The van der Waals surface area contributed by atoms with Crippen LogP contribution in [0.2, 0.25) is 0 Å². The molecule has 1 aromatic carbocycles. The number of hydrogen-bond donors (Lipinski definition) is 1. The van der Waals surface area contributed by atoms with E-state index in [-0.39, 0.29) is 23.3 Å². The predicted octanol–water partition coefficient (Wildman–Crippen LogP) is 1.41. The lowest BCUT2D eigenvalue weighted by atomic mass is 10.0. The molecule has 3 aliphatic rings. The summed E-state index contributed by atoms with van der Waals surface area (Å²) in [6.45, 7) is 2.58. The first-order valence-corrected chi connectivity index (χ1v) is 8.41. The quantitative estimate of drug-likeness (QED) is 0.917. The number of carbonyl (C=O) groups excluding carboxylic acids is 2. The Hall–Kier alpha value is -1.88. The third kappa shape index (κ3) is 2.63. The van der Waals surface area contributed by atoms with Crippen molar-refractivity contribution < 1.29 is 14.7 Å². The highest BCUT2D eigenvalue weighted by atomic mass is 16.3. The average molecular weight is 314 g/mol. The van der Waals surface area contributed by atoms with E-state index < -0.39 is 0 Å². The summed E-state index contributed by atoms with van der Waals surface area (Å²) >= 11 is 0. The molecule has 1 aliphatic carbocycles. The van der Waals surface area contributed by atoms with E-state index >= 15 is 0 Å². The highest BCUT2D eigenvalue weighted by molar-refractivity contribution is 5.94. The highest BCUT2D eigenvalue weighted by Gasteiger charge is 2.55. The molecule has 2 aliphatic heterocycles. The average Bonchev–Trinajstić information content (AvgIpc) is 3.12. The van der Waals surface area contributed by atoms with Crippen molar-refractivity contribution in [3.8, 4) is 0 Å². The maximum Gasteiger partial charge on any atom is 0.253 e. The van der Waals surface area contributed by atoms with E-state index in [0.29, 0.717) is 31.6 Å². The van der Waals surface area contributed by atoms with Gasteiger partial charge in [0.15, 0.2) is 0 Å². The summed E-state index contributed by atoms with van der Waals surface area (Å²) in [5.74, 6) is 0.211. The van der Waals surface area contributed by atoms with Crippen LogP contribution in [0.3, 0.4) is 0 Å². The number of amides is 2. The number of benzene rings is 1. The fraction of sp³-hybridized carbons (Fsp3) is 0.556. The standard InChI is InChI=1S/C18H22N2O3/c21-15-11-20(12-18(15)7-8-18)17(23)14-5-3-13(4-6-14)10-19-9-1-2-16(19)22/h3-6,15,21H,1-2,7-12H2. The van der Waals surface area contributed by atoms with Crippen molar-refractivity contribution >= 4 is 11.8 Å². The number of nitrogens with zero attached hydrogens (tertiary/aromatic N) is 2. The van der Waals surface area contributed by atoms with Crippen LogP contribution in [0.25, 0.3) is 0 Å². The molecule has 0 radical (unpaired) electrons. The van der Waals surface area contributed by atoms with Gasteiger partial charge >= 0.3 is 0 Å². The van der Waals surface area contributed by atoms with Crippen LogP contribution in [0, 0.1) is 5.41 Å². The molecular weight excluding hydrogens is 292 g/mol. The van der Waals surface area contributed by atoms with Crippen LogP contribution >= 0.6 is 0 Å². The third-order valence-corrected chi connectivity index (χ3v) is 5.53. The van der Waals surface area contributed by atoms with Crippen molar-refractivity contribution in [2.75, 3.05) is 19.6 Å². The van der Waals surface area contributed by atoms with Crippen LogP contribution in [-0.4, -0.2) is 52.5 Å². The Morgan fingerprint density at radius 2 is 2.00 bits per heavy atom. The Kier molecular flexibility index (Phi) is 3.41. The van der Waals surface area contributed by atoms with Gasteiger partial charge in [-0.25, -0.2) is 0 Å². The van der Waals surface area contributed by atoms with Crippen molar-refractivity contribution in [2.45, 2.75) is 38.3 Å². The first kappa shape index (κ1) is 14.7. The molecule has 5 heteroatoms. The minimum Gasteiger partial charge on any atom is -0.391 e. The van der Waals surface area contributed by atoms with E-state index in [0.717, 1.165) is 31.4 Å². The number of aliphatic hydroxyl groups excluding tert-OH is 1. The molecule has 1 saturated carbocycles. The molecule has 1 N–H and O–H groups in total. The number of likely N-dealkylation sites (tertiary alicyclic amines) is 2. The minimum absolute atomic E-state index is 0.00313. The van der Waals surface area contributed by atoms with Crippen molar-refractivity contribution in [1.29, 1.82) is 0 Å². The smallest absolute Gasteiger partial charge is 0.253 e. The van der Waals surface area contributed by atoms with Gasteiger partial charge in [-0.05, 0) is 37.0 Å². The first-order valence-electron chi connectivity index (χ1n) is 8.41. The number of β-amino-alcohol motifs (C(OH)–C–C–N with tert-alkyl or cyclic N) is 1. The van der Waals surface area contributed by atoms with Crippen molar-refractivity contribution in [2.24, 2.45) is 5.41 Å². The third-order valence-electron chi connectivity index (χ3n) is 5.53. The lowest BCUT2D eigenvalue weighted by molar-refractivity contribution is -0.128. The summed E-state index contributed by atoms with van der Waals surface area (Å²) in [4.78, 5) is 27.9. The minimum atomic E-state index is -0.369. The van der Waals surface area contributed by atoms with Crippen LogP contribution in [0.4, 0.5) is 0 Å². The summed E-state index contributed by atoms with van der Waals surface area (Å²) < 4.78 is 0. The normalized spacial score (nSPS) is 25.4. The molecule has 2 amide bonds. The second-order valence-corrected chi connectivity index (χ2v) is 7.18. The molecule has 2 saturated heterocycles. The predicted molar refractivity (Wildman–Crippen MR) is 84.7 cm³/mol. The van der Waals surface area contributed by atoms with Crippen molar-refractivity contribution in [1.82, 2.24) is 9.80 Å². The van der Waals surface area contributed by atoms with Gasteiger partial charge in [-0.2, -0.15) is 0 Å². The van der Waals surface area contributed by atoms with Crippen LogP contribution < -0.4 is 0 Å². The Morgan fingerprint density at radius 1 is 1.26 bits per heavy atom. The Labute approximate surface area is 135 Å². The van der Waals surface area contributed by atoms with Crippen LogP contribution in [0.5, 0.6) is 0 Å². The SMILES string of the molecule is O=C1CCCN1Cc1ccc(C(=O)N2CC(O)C3(CC3)C2)cc1. The van der Waals surface area contributed by atoms with Gasteiger partial charge < -0.3 is 14.9 Å². The second-order valence-electron chi connectivity index (χ2n) is 7.18. The highest BCUT2D eigenvalue weighted by Crippen LogP contribution is 2.52. The molecule has 1 aromatic rings. The van der Waals surface area contributed by atoms with Gasteiger partial charge in [0, 0.05) is 43.6 Å². The lowest BCUT2D eigenvalue weighted by Gasteiger charge is -2.17. The largest absolute Gasteiger partial charge is 0.391 e. The fourth-order valence-electron chi connectivity index (χ4n) is 3.79. The van der Waals surface area contributed by atoms with E-state index in [9.17, 15) is 14.7 Å². The first-order chi connectivity index (χ1) is 11.1. The van der Waals surface area contributed by atoms with E-state index in [1.54, 1.807) is 4.90 Å². The van der Waals surface area contributed by atoms with E-state index in [1.807, 2.05) is 29.2 Å². The maximum absolute atomic E-state index is 12.6. The summed E-state index contributed by atoms with van der Waals surface area (Å²) in [7, 11) is 0.